The van der Waals surface area contributed by atoms with E-state index in [9.17, 15) is 0 Å². The summed E-state index contributed by atoms with van der Waals surface area (Å²) in [7, 11) is -3.03. The lowest BCUT2D eigenvalue weighted by Gasteiger charge is -2.34. The van der Waals surface area contributed by atoms with Crippen molar-refractivity contribution in [3.05, 3.63) is 23.3 Å². The van der Waals surface area contributed by atoms with Crippen LogP contribution in [0.25, 0.3) is 0 Å². The molecule has 0 aromatic carbocycles. The maximum absolute atomic E-state index is 6.78. The molecule has 4 N–H and O–H groups in total. The first-order chi connectivity index (χ1) is 12.6. The summed E-state index contributed by atoms with van der Waals surface area (Å²) in [5.41, 5.74) is 3.01. The molecule has 0 amide bonds. The summed E-state index contributed by atoms with van der Waals surface area (Å²) in [6.07, 6.45) is 9.67. The third-order valence-electron chi connectivity index (χ3n) is 5.31. The molecule has 0 saturated heterocycles. The lowest BCUT2D eigenvalue weighted by molar-refractivity contribution is -0.646. The van der Waals surface area contributed by atoms with Crippen LogP contribution in [0.5, 0.6) is 0 Å². The third-order valence-corrected chi connectivity index (χ3v) is 12.8. The van der Waals surface area contributed by atoms with Crippen LogP contribution in [0.2, 0.25) is 38.3 Å². The van der Waals surface area contributed by atoms with Gasteiger partial charge in [-0.1, -0.05) is 25.0 Å². The Morgan fingerprint density at radius 3 is 1.38 bits per heavy atom. The van der Waals surface area contributed by atoms with Gasteiger partial charge in [-0.25, -0.2) is 0 Å². The maximum Gasteiger partial charge on any atom is 0.173 e. The molecular formula is C22H50Cl2N2OSi2. The zero-order valence-corrected chi connectivity index (χ0v) is 24.1. The fraction of sp³-hybridized carbons (Fsp3) is 0.818. The smallest absolute Gasteiger partial charge is 0.173 e. The van der Waals surface area contributed by atoms with E-state index >= 15 is 0 Å². The summed E-state index contributed by atoms with van der Waals surface area (Å²) in [6.45, 7) is 23.3. The standard InChI is InChI=1S/C22H48N2OSi2.2ClH/c1-9-21(3)13-17-23-15-11-19-26(5,6)25-27(7,8)20-12-16-24-18-14-22(4)10-2;;/h13-14,23-24H,9-12,15-20H2,1-8H3;2*1H. The van der Waals surface area contributed by atoms with Crippen LogP contribution in [0.3, 0.4) is 0 Å². The van der Waals surface area contributed by atoms with Crippen LogP contribution < -0.4 is 35.4 Å². The van der Waals surface area contributed by atoms with E-state index < -0.39 is 16.6 Å². The molecule has 29 heavy (non-hydrogen) atoms. The van der Waals surface area contributed by atoms with E-state index in [2.05, 4.69) is 76.7 Å². The first-order valence-electron chi connectivity index (χ1n) is 11.3. The quantitative estimate of drug-likeness (QED) is 0.149. The van der Waals surface area contributed by atoms with E-state index in [1.165, 1.54) is 62.0 Å². The van der Waals surface area contributed by atoms with Crippen molar-refractivity contribution in [1.29, 1.82) is 0 Å². The van der Waals surface area contributed by atoms with Gasteiger partial charge in [0.15, 0.2) is 16.6 Å². The summed E-state index contributed by atoms with van der Waals surface area (Å²) in [6, 6.07) is 2.59. The molecule has 0 fully saturated rings. The molecule has 0 bridgehead atoms. The van der Waals surface area contributed by atoms with Gasteiger partial charge in [-0.3, -0.25) is 0 Å². The molecular weight excluding hydrogens is 435 g/mol. The van der Waals surface area contributed by atoms with E-state index in [0.717, 1.165) is 13.1 Å². The van der Waals surface area contributed by atoms with Gasteiger partial charge in [-0.15, -0.1) is 0 Å². The number of quaternary nitrogens is 2. The highest BCUT2D eigenvalue weighted by atomic mass is 35.5. The van der Waals surface area contributed by atoms with E-state index in [4.69, 9.17) is 4.12 Å². The monoisotopic (exact) mass is 484 g/mol. The Balaban J connectivity index is -0.00000338. The van der Waals surface area contributed by atoms with E-state index in [1.54, 1.807) is 0 Å². The topological polar surface area (TPSA) is 42.5 Å². The highest BCUT2D eigenvalue weighted by Gasteiger charge is 2.32. The minimum absolute atomic E-state index is 0. The fourth-order valence-electron chi connectivity index (χ4n) is 3.29. The van der Waals surface area contributed by atoms with Gasteiger partial charge in [-0.2, -0.15) is 0 Å². The normalized spacial score (nSPS) is 13.1. The molecule has 176 valence electrons. The van der Waals surface area contributed by atoms with Crippen molar-refractivity contribution in [2.75, 3.05) is 26.2 Å². The molecule has 0 rings (SSSR count). The summed E-state index contributed by atoms with van der Waals surface area (Å²) in [5.74, 6) is 0. The summed E-state index contributed by atoms with van der Waals surface area (Å²) < 4.78 is 6.78. The number of hydrogen-bond donors (Lipinski definition) is 2. The molecule has 0 saturated carbocycles. The van der Waals surface area contributed by atoms with Crippen molar-refractivity contribution >= 4 is 16.6 Å². The molecule has 0 aliphatic heterocycles. The summed E-state index contributed by atoms with van der Waals surface area (Å²) in [5, 5.41) is 4.88. The van der Waals surface area contributed by atoms with Crippen LogP contribution in [0.4, 0.5) is 0 Å². The predicted octanol–water partition coefficient (Wildman–Crippen LogP) is -1.96. The number of halogens is 2. The molecule has 0 atom stereocenters. The Kier molecular flexibility index (Phi) is 22.4. The van der Waals surface area contributed by atoms with Gasteiger partial charge in [0, 0.05) is 0 Å². The van der Waals surface area contributed by atoms with Gasteiger partial charge in [0.05, 0.1) is 26.2 Å². The van der Waals surface area contributed by atoms with Gasteiger partial charge < -0.3 is 39.6 Å². The molecule has 7 heteroatoms. The second kappa shape index (κ2) is 19.1. The highest BCUT2D eigenvalue weighted by Crippen LogP contribution is 2.23. The van der Waals surface area contributed by atoms with Crippen molar-refractivity contribution in [2.24, 2.45) is 0 Å². The van der Waals surface area contributed by atoms with Crippen LogP contribution in [0, 0.1) is 0 Å². The summed E-state index contributed by atoms with van der Waals surface area (Å²) in [4.78, 5) is 0. The average molecular weight is 486 g/mol. The molecule has 0 unspecified atom stereocenters. The molecule has 0 aromatic rings. The van der Waals surface area contributed by atoms with Crippen LogP contribution in [0.1, 0.15) is 53.4 Å². The highest BCUT2D eigenvalue weighted by molar-refractivity contribution is 6.84. The Morgan fingerprint density at radius 1 is 0.724 bits per heavy atom. The van der Waals surface area contributed by atoms with Crippen molar-refractivity contribution in [3.8, 4) is 0 Å². The molecule has 0 aromatic heterocycles. The van der Waals surface area contributed by atoms with Crippen LogP contribution in [0.15, 0.2) is 23.3 Å². The lowest BCUT2D eigenvalue weighted by atomic mass is 10.2. The van der Waals surface area contributed by atoms with Crippen LogP contribution in [-0.2, 0) is 4.12 Å². The Hall–Kier alpha value is 0.374. The fourth-order valence-corrected chi connectivity index (χ4v) is 12.2. The predicted molar refractivity (Wildman–Crippen MR) is 126 cm³/mol. The minimum atomic E-state index is -1.52. The van der Waals surface area contributed by atoms with Crippen LogP contribution >= 0.6 is 0 Å². The zero-order valence-electron chi connectivity index (χ0n) is 20.5. The number of allylic oxidation sites excluding steroid dienone is 2. The second-order valence-corrected chi connectivity index (χ2v) is 18.1. The first-order valence-corrected chi connectivity index (χ1v) is 17.5. The molecule has 0 spiro atoms. The minimum Gasteiger partial charge on any atom is -1.00 e. The third kappa shape index (κ3) is 21.4. The van der Waals surface area contributed by atoms with Crippen molar-refractivity contribution < 1.29 is 39.6 Å². The maximum atomic E-state index is 6.78. The zero-order chi connectivity index (χ0) is 20.8. The van der Waals surface area contributed by atoms with Crippen molar-refractivity contribution in [3.63, 3.8) is 0 Å². The summed E-state index contributed by atoms with van der Waals surface area (Å²) >= 11 is 0. The Morgan fingerprint density at radius 2 is 1.07 bits per heavy atom. The SMILES string of the molecule is CCC(C)=CC[NH2+]CCC[Si](C)(C)O[Si](C)(C)CCC[NH2+]CC=C(C)CC.[Cl-].[Cl-]. The number of hydrogen-bond acceptors (Lipinski definition) is 1. The van der Waals surface area contributed by atoms with E-state index in [-0.39, 0.29) is 24.8 Å². The lowest BCUT2D eigenvalue weighted by Crippen LogP contribution is -3.00. The Bertz CT molecular complexity index is 416. The second-order valence-electron chi connectivity index (χ2n) is 9.26. The van der Waals surface area contributed by atoms with Gasteiger partial charge in [0.2, 0.25) is 0 Å². The van der Waals surface area contributed by atoms with Crippen molar-refractivity contribution in [2.45, 2.75) is 91.7 Å². The molecule has 0 heterocycles. The molecule has 0 radical (unpaired) electrons. The molecule has 3 nitrogen and oxygen atoms in total. The van der Waals surface area contributed by atoms with E-state index in [0.29, 0.717) is 0 Å². The average Bonchev–Trinajstić information content (AvgIpc) is 2.59. The van der Waals surface area contributed by atoms with E-state index in [1.807, 2.05) is 0 Å². The van der Waals surface area contributed by atoms with Gasteiger partial charge in [0.25, 0.3) is 0 Å². The van der Waals surface area contributed by atoms with Crippen LogP contribution in [-0.4, -0.2) is 42.8 Å². The molecule has 0 aliphatic carbocycles. The Labute approximate surface area is 197 Å². The number of nitrogens with two attached hydrogens (primary N) is 2. The number of rotatable bonds is 16. The van der Waals surface area contributed by atoms with Gasteiger partial charge in [0.1, 0.15) is 0 Å². The van der Waals surface area contributed by atoms with Crippen molar-refractivity contribution in [1.82, 2.24) is 0 Å². The molecule has 0 aliphatic rings. The van der Waals surface area contributed by atoms with Gasteiger partial charge in [-0.05, 0) is 90.0 Å². The largest absolute Gasteiger partial charge is 1.00 e. The van der Waals surface area contributed by atoms with Gasteiger partial charge >= 0.3 is 0 Å². The first kappa shape index (κ1) is 34.0.